The van der Waals surface area contributed by atoms with E-state index in [0.717, 1.165) is 28.6 Å². The van der Waals surface area contributed by atoms with Crippen molar-refractivity contribution in [1.29, 1.82) is 5.26 Å². The zero-order chi connectivity index (χ0) is 14.8. The number of anilines is 1. The van der Waals surface area contributed by atoms with Crippen molar-refractivity contribution in [2.24, 2.45) is 11.8 Å². The van der Waals surface area contributed by atoms with Gasteiger partial charge in [0.2, 0.25) is 0 Å². The number of nitriles is 1. The van der Waals surface area contributed by atoms with Gasteiger partial charge >= 0.3 is 0 Å². The Hall–Kier alpha value is -2.08. The highest BCUT2D eigenvalue weighted by atomic mass is 15.0. The lowest BCUT2D eigenvalue weighted by molar-refractivity contribution is 0.280. The van der Waals surface area contributed by atoms with E-state index in [0.29, 0.717) is 11.6 Å². The molecular weight excluding hydrogens is 258 g/mol. The summed E-state index contributed by atoms with van der Waals surface area (Å²) < 4.78 is 0. The fourth-order valence-electron chi connectivity index (χ4n) is 3.62. The van der Waals surface area contributed by atoms with Crippen LogP contribution in [0.1, 0.15) is 38.7 Å². The Kier molecular flexibility index (Phi) is 3.79. The van der Waals surface area contributed by atoms with Gasteiger partial charge in [-0.15, -0.1) is 0 Å². The van der Waals surface area contributed by atoms with Gasteiger partial charge in [-0.05, 0) is 43.2 Å². The Balaban J connectivity index is 1.89. The largest absolute Gasteiger partial charge is 0.367 e. The first-order valence-corrected chi connectivity index (χ1v) is 7.72. The molecule has 0 amide bonds. The molecule has 1 aliphatic rings. The van der Waals surface area contributed by atoms with Gasteiger partial charge in [-0.1, -0.05) is 32.0 Å². The van der Waals surface area contributed by atoms with Crippen molar-refractivity contribution in [3.05, 3.63) is 35.9 Å². The molecule has 108 valence electrons. The van der Waals surface area contributed by atoms with Crippen LogP contribution in [-0.4, -0.2) is 11.0 Å². The van der Waals surface area contributed by atoms with Gasteiger partial charge in [-0.3, -0.25) is 0 Å². The molecule has 2 atom stereocenters. The van der Waals surface area contributed by atoms with Crippen LogP contribution in [0.3, 0.4) is 0 Å². The van der Waals surface area contributed by atoms with Gasteiger partial charge in [0.25, 0.3) is 0 Å². The molecule has 1 saturated carbocycles. The third kappa shape index (κ3) is 3.00. The number of nitrogens with one attached hydrogen (secondary N) is 1. The van der Waals surface area contributed by atoms with Crippen LogP contribution in [0, 0.1) is 23.2 Å². The van der Waals surface area contributed by atoms with E-state index in [-0.39, 0.29) is 0 Å². The lowest BCUT2D eigenvalue weighted by Crippen LogP contribution is -2.30. The number of pyridine rings is 1. The summed E-state index contributed by atoms with van der Waals surface area (Å²) in [5.41, 5.74) is 1.58. The molecular formula is C18H21N3. The first kappa shape index (κ1) is 13.9. The number of nitrogens with zero attached hydrogens (tertiary/aromatic N) is 2. The van der Waals surface area contributed by atoms with Crippen LogP contribution in [0.15, 0.2) is 30.3 Å². The summed E-state index contributed by atoms with van der Waals surface area (Å²) in [5, 5.41) is 13.8. The van der Waals surface area contributed by atoms with Gasteiger partial charge in [-0.2, -0.15) is 5.26 Å². The minimum atomic E-state index is 0.462. The Morgan fingerprint density at radius 3 is 2.57 bits per heavy atom. The Morgan fingerprint density at radius 1 is 1.14 bits per heavy atom. The highest BCUT2D eigenvalue weighted by Crippen LogP contribution is 2.30. The lowest BCUT2D eigenvalue weighted by atomic mass is 9.80. The second kappa shape index (κ2) is 5.73. The standard InChI is InChI=1S/C18H21N3/c1-12-7-13(2)9-15(8-12)20-18-10-14(11-19)16-5-3-4-6-17(16)21-18/h3-6,10,12-13,15H,7-9H2,1-2H3,(H,20,21). The summed E-state index contributed by atoms with van der Waals surface area (Å²) >= 11 is 0. The molecule has 0 radical (unpaired) electrons. The molecule has 1 aliphatic carbocycles. The number of hydrogen-bond donors (Lipinski definition) is 1. The van der Waals surface area contributed by atoms with Gasteiger partial charge in [0.15, 0.2) is 0 Å². The molecule has 1 heterocycles. The summed E-state index contributed by atoms with van der Waals surface area (Å²) in [5.74, 6) is 2.33. The predicted octanol–water partition coefficient (Wildman–Crippen LogP) is 4.34. The molecule has 21 heavy (non-hydrogen) atoms. The molecule has 3 rings (SSSR count). The minimum Gasteiger partial charge on any atom is -0.367 e. The number of hydrogen-bond acceptors (Lipinski definition) is 3. The van der Waals surface area contributed by atoms with E-state index >= 15 is 0 Å². The number of benzene rings is 1. The van der Waals surface area contributed by atoms with Gasteiger partial charge in [0.1, 0.15) is 5.82 Å². The monoisotopic (exact) mass is 279 g/mol. The smallest absolute Gasteiger partial charge is 0.128 e. The van der Waals surface area contributed by atoms with E-state index < -0.39 is 0 Å². The van der Waals surface area contributed by atoms with E-state index in [1.54, 1.807) is 0 Å². The van der Waals surface area contributed by atoms with Crippen LogP contribution in [0.5, 0.6) is 0 Å². The Bertz CT molecular complexity index is 676. The van der Waals surface area contributed by atoms with E-state index in [1.165, 1.54) is 19.3 Å². The second-order valence-electron chi connectivity index (χ2n) is 6.44. The first-order valence-electron chi connectivity index (χ1n) is 7.72. The van der Waals surface area contributed by atoms with Crippen LogP contribution in [-0.2, 0) is 0 Å². The number of fused-ring (bicyclic) bond motifs is 1. The molecule has 2 unspecified atom stereocenters. The summed E-state index contributed by atoms with van der Waals surface area (Å²) in [6, 6.07) is 12.5. The van der Waals surface area contributed by atoms with Crippen molar-refractivity contribution in [2.75, 3.05) is 5.32 Å². The SMILES string of the molecule is CC1CC(C)CC(Nc2cc(C#N)c3ccccc3n2)C1. The predicted molar refractivity (Wildman–Crippen MR) is 86.0 cm³/mol. The van der Waals surface area contributed by atoms with Crippen molar-refractivity contribution >= 4 is 16.7 Å². The normalized spacial score (nSPS) is 25.5. The molecule has 0 aliphatic heterocycles. The molecule has 0 saturated heterocycles. The minimum absolute atomic E-state index is 0.462. The van der Waals surface area contributed by atoms with Gasteiger partial charge in [0.05, 0.1) is 17.1 Å². The zero-order valence-corrected chi connectivity index (χ0v) is 12.6. The zero-order valence-electron chi connectivity index (χ0n) is 12.6. The maximum absolute atomic E-state index is 9.34. The van der Waals surface area contributed by atoms with Crippen LogP contribution in [0.25, 0.3) is 10.9 Å². The van der Waals surface area contributed by atoms with Crippen molar-refractivity contribution in [3.8, 4) is 6.07 Å². The summed E-state index contributed by atoms with van der Waals surface area (Å²) in [7, 11) is 0. The van der Waals surface area contributed by atoms with Crippen molar-refractivity contribution < 1.29 is 0 Å². The van der Waals surface area contributed by atoms with E-state index in [4.69, 9.17) is 0 Å². The summed E-state index contributed by atoms with van der Waals surface area (Å²) in [4.78, 5) is 4.67. The van der Waals surface area contributed by atoms with Crippen LogP contribution in [0.4, 0.5) is 5.82 Å². The molecule has 1 aromatic carbocycles. The average molecular weight is 279 g/mol. The topological polar surface area (TPSA) is 48.7 Å². The van der Waals surface area contributed by atoms with Gasteiger partial charge in [-0.25, -0.2) is 4.98 Å². The maximum Gasteiger partial charge on any atom is 0.128 e. The highest BCUT2D eigenvalue weighted by Gasteiger charge is 2.24. The van der Waals surface area contributed by atoms with Gasteiger partial charge in [0, 0.05) is 11.4 Å². The van der Waals surface area contributed by atoms with Crippen LogP contribution >= 0.6 is 0 Å². The molecule has 0 bridgehead atoms. The number of aromatic nitrogens is 1. The fraction of sp³-hybridized carbons (Fsp3) is 0.444. The van der Waals surface area contributed by atoms with E-state index in [9.17, 15) is 5.26 Å². The molecule has 3 nitrogen and oxygen atoms in total. The van der Waals surface area contributed by atoms with Gasteiger partial charge < -0.3 is 5.32 Å². The molecule has 1 N–H and O–H groups in total. The van der Waals surface area contributed by atoms with Crippen LogP contribution < -0.4 is 5.32 Å². The molecule has 0 spiro atoms. The molecule has 2 aromatic rings. The molecule has 1 aromatic heterocycles. The second-order valence-corrected chi connectivity index (χ2v) is 6.44. The third-order valence-corrected chi connectivity index (χ3v) is 4.37. The molecule has 3 heteroatoms. The third-order valence-electron chi connectivity index (χ3n) is 4.37. The Morgan fingerprint density at radius 2 is 1.86 bits per heavy atom. The van der Waals surface area contributed by atoms with Crippen molar-refractivity contribution in [3.63, 3.8) is 0 Å². The maximum atomic E-state index is 9.34. The van der Waals surface area contributed by atoms with Crippen LogP contribution in [0.2, 0.25) is 0 Å². The van der Waals surface area contributed by atoms with Crippen molar-refractivity contribution in [2.45, 2.75) is 39.2 Å². The van der Waals surface area contributed by atoms with Crippen molar-refractivity contribution in [1.82, 2.24) is 4.98 Å². The fourth-order valence-corrected chi connectivity index (χ4v) is 3.62. The summed E-state index contributed by atoms with van der Waals surface area (Å²) in [6.07, 6.45) is 3.67. The summed E-state index contributed by atoms with van der Waals surface area (Å²) in [6.45, 7) is 4.64. The Labute approximate surface area is 126 Å². The number of para-hydroxylation sites is 1. The van der Waals surface area contributed by atoms with E-state index in [1.807, 2.05) is 30.3 Å². The highest BCUT2D eigenvalue weighted by molar-refractivity contribution is 5.86. The number of rotatable bonds is 2. The van der Waals surface area contributed by atoms with E-state index in [2.05, 4.69) is 30.2 Å². The lowest BCUT2D eigenvalue weighted by Gasteiger charge is -2.32. The quantitative estimate of drug-likeness (QED) is 0.889. The first-order chi connectivity index (χ1) is 10.2. The average Bonchev–Trinajstić information content (AvgIpc) is 2.45. The molecule has 1 fully saturated rings.